The summed E-state index contributed by atoms with van der Waals surface area (Å²) in [6, 6.07) is -0.350. The minimum Gasteiger partial charge on any atom is -0.300 e. The van der Waals surface area contributed by atoms with E-state index in [0.29, 0.717) is 5.01 Å². The Kier molecular flexibility index (Phi) is 4.10. The van der Waals surface area contributed by atoms with Gasteiger partial charge < -0.3 is 0 Å². The Balaban J connectivity index is 2.50. The van der Waals surface area contributed by atoms with Gasteiger partial charge in [0.2, 0.25) is 0 Å². The lowest BCUT2D eigenvalue weighted by molar-refractivity contribution is -0.126. The van der Waals surface area contributed by atoms with Crippen LogP contribution in [0.4, 0.5) is 13.2 Å². The van der Waals surface area contributed by atoms with Crippen molar-refractivity contribution < 1.29 is 13.2 Å². The van der Waals surface area contributed by atoms with E-state index in [9.17, 15) is 13.2 Å². The average Bonchev–Trinajstić information content (AvgIpc) is 2.61. The maximum absolute atomic E-state index is 11.9. The summed E-state index contributed by atoms with van der Waals surface area (Å²) in [5.41, 5.74) is 0. The Morgan fingerprint density at radius 3 is 2.67 bits per heavy atom. The molecule has 0 aliphatic heterocycles. The zero-order valence-electron chi connectivity index (χ0n) is 8.56. The molecule has 0 aromatic carbocycles. The van der Waals surface area contributed by atoms with Gasteiger partial charge in [-0.2, -0.15) is 13.2 Å². The molecular weight excluding hydrogens is 225 g/mol. The number of aryl methyl sites for hydroxylation is 1. The number of nitrogens with one attached hydrogen (secondary N) is 1. The van der Waals surface area contributed by atoms with Gasteiger partial charge in [-0.05, 0) is 13.3 Å². The van der Waals surface area contributed by atoms with Gasteiger partial charge >= 0.3 is 6.18 Å². The Labute approximate surface area is 90.5 Å². The standard InChI is InChI=1S/C9H13F3N2S/c1-3-7-4-13-8(15-7)6(2)14-5-9(10,11)12/h4,6,14H,3,5H2,1-2H3. The number of thiazole rings is 1. The fourth-order valence-electron chi connectivity index (χ4n) is 1.04. The lowest BCUT2D eigenvalue weighted by atomic mass is 10.3. The molecule has 0 bridgehead atoms. The number of halogens is 3. The first-order valence-corrected chi connectivity index (χ1v) is 5.48. The quantitative estimate of drug-likeness (QED) is 0.872. The smallest absolute Gasteiger partial charge is 0.300 e. The van der Waals surface area contributed by atoms with E-state index in [1.165, 1.54) is 11.3 Å². The van der Waals surface area contributed by atoms with E-state index in [-0.39, 0.29) is 6.04 Å². The minimum atomic E-state index is -4.17. The molecule has 0 amide bonds. The second kappa shape index (κ2) is 4.94. The first-order chi connectivity index (χ1) is 6.92. The lowest BCUT2D eigenvalue weighted by Gasteiger charge is -2.12. The Morgan fingerprint density at radius 2 is 2.20 bits per heavy atom. The number of rotatable bonds is 4. The molecule has 1 N–H and O–H groups in total. The second-order valence-corrected chi connectivity index (χ2v) is 4.38. The van der Waals surface area contributed by atoms with Crippen molar-refractivity contribution in [1.29, 1.82) is 0 Å². The van der Waals surface area contributed by atoms with E-state index in [0.717, 1.165) is 11.3 Å². The zero-order valence-corrected chi connectivity index (χ0v) is 9.37. The molecule has 0 radical (unpaired) electrons. The fourth-order valence-corrected chi connectivity index (χ4v) is 1.93. The molecule has 0 fully saturated rings. The first-order valence-electron chi connectivity index (χ1n) is 4.67. The molecule has 0 aliphatic carbocycles. The highest BCUT2D eigenvalue weighted by atomic mass is 32.1. The van der Waals surface area contributed by atoms with E-state index in [1.54, 1.807) is 13.1 Å². The normalized spacial score (nSPS) is 14.2. The van der Waals surface area contributed by atoms with Crippen LogP contribution >= 0.6 is 11.3 Å². The van der Waals surface area contributed by atoms with Crippen LogP contribution in [0, 0.1) is 0 Å². The predicted molar refractivity (Wildman–Crippen MR) is 54.0 cm³/mol. The van der Waals surface area contributed by atoms with Crippen molar-refractivity contribution >= 4 is 11.3 Å². The first kappa shape index (κ1) is 12.4. The topological polar surface area (TPSA) is 24.9 Å². The number of aromatic nitrogens is 1. The largest absolute Gasteiger partial charge is 0.401 e. The third-order valence-electron chi connectivity index (χ3n) is 1.90. The molecule has 1 aromatic rings. The van der Waals surface area contributed by atoms with Gasteiger partial charge in [-0.25, -0.2) is 4.98 Å². The summed E-state index contributed by atoms with van der Waals surface area (Å²) in [6.07, 6.45) is -1.59. The van der Waals surface area contributed by atoms with Crippen LogP contribution in [0.2, 0.25) is 0 Å². The Hall–Kier alpha value is -0.620. The Bertz CT molecular complexity index is 309. The van der Waals surface area contributed by atoms with Gasteiger partial charge in [0, 0.05) is 11.1 Å². The van der Waals surface area contributed by atoms with Crippen molar-refractivity contribution in [3.8, 4) is 0 Å². The summed E-state index contributed by atoms with van der Waals surface area (Å²) < 4.78 is 35.8. The van der Waals surface area contributed by atoms with Gasteiger partial charge in [0.15, 0.2) is 0 Å². The number of hydrogen-bond donors (Lipinski definition) is 1. The third-order valence-corrected chi connectivity index (χ3v) is 3.22. The minimum absolute atomic E-state index is 0.350. The van der Waals surface area contributed by atoms with Crippen molar-refractivity contribution in [2.75, 3.05) is 6.54 Å². The van der Waals surface area contributed by atoms with Crippen LogP contribution in [0.3, 0.4) is 0 Å². The maximum atomic E-state index is 11.9. The van der Waals surface area contributed by atoms with Crippen LogP contribution < -0.4 is 5.32 Å². The third kappa shape index (κ3) is 4.17. The summed E-state index contributed by atoms with van der Waals surface area (Å²) in [6.45, 7) is 2.70. The van der Waals surface area contributed by atoms with Crippen LogP contribution in [0.1, 0.15) is 29.8 Å². The van der Waals surface area contributed by atoms with E-state index in [4.69, 9.17) is 0 Å². The van der Waals surface area contributed by atoms with Crippen LogP contribution in [-0.4, -0.2) is 17.7 Å². The van der Waals surface area contributed by atoms with E-state index < -0.39 is 12.7 Å². The molecule has 1 atom stereocenters. The van der Waals surface area contributed by atoms with Gasteiger partial charge in [-0.1, -0.05) is 6.92 Å². The number of nitrogens with zero attached hydrogens (tertiary/aromatic N) is 1. The van der Waals surface area contributed by atoms with E-state index >= 15 is 0 Å². The summed E-state index contributed by atoms with van der Waals surface area (Å²) >= 11 is 1.45. The van der Waals surface area contributed by atoms with Gasteiger partial charge in [-0.15, -0.1) is 11.3 Å². The summed E-state index contributed by atoms with van der Waals surface area (Å²) in [5, 5.41) is 3.10. The van der Waals surface area contributed by atoms with Crippen LogP contribution in [0.15, 0.2) is 6.20 Å². The highest BCUT2D eigenvalue weighted by Crippen LogP contribution is 2.21. The van der Waals surface area contributed by atoms with Gasteiger partial charge in [0.25, 0.3) is 0 Å². The number of hydrogen-bond acceptors (Lipinski definition) is 3. The van der Waals surface area contributed by atoms with Crippen molar-refractivity contribution in [2.24, 2.45) is 0 Å². The van der Waals surface area contributed by atoms with Gasteiger partial charge in [0.1, 0.15) is 5.01 Å². The summed E-state index contributed by atoms with van der Waals surface area (Å²) in [4.78, 5) is 5.16. The molecule has 0 saturated carbocycles. The molecule has 6 heteroatoms. The number of alkyl halides is 3. The molecule has 1 rings (SSSR count). The zero-order chi connectivity index (χ0) is 11.5. The monoisotopic (exact) mass is 238 g/mol. The molecule has 2 nitrogen and oxygen atoms in total. The average molecular weight is 238 g/mol. The van der Waals surface area contributed by atoms with Gasteiger partial charge in [-0.3, -0.25) is 5.32 Å². The van der Waals surface area contributed by atoms with Crippen molar-refractivity contribution in [3.05, 3.63) is 16.1 Å². The molecule has 1 heterocycles. The highest BCUT2D eigenvalue weighted by Gasteiger charge is 2.27. The second-order valence-electron chi connectivity index (χ2n) is 3.24. The predicted octanol–water partition coefficient (Wildman–Crippen LogP) is 2.92. The molecule has 86 valence electrons. The molecular formula is C9H13F3N2S. The van der Waals surface area contributed by atoms with E-state index in [1.807, 2.05) is 6.92 Å². The maximum Gasteiger partial charge on any atom is 0.401 e. The molecule has 0 aliphatic rings. The lowest BCUT2D eigenvalue weighted by Crippen LogP contribution is -2.30. The molecule has 1 unspecified atom stereocenters. The SMILES string of the molecule is CCc1cnc(C(C)NCC(F)(F)F)s1. The summed E-state index contributed by atoms with van der Waals surface area (Å²) in [5.74, 6) is 0. The van der Waals surface area contributed by atoms with Crippen LogP contribution in [-0.2, 0) is 6.42 Å². The Morgan fingerprint density at radius 1 is 1.53 bits per heavy atom. The van der Waals surface area contributed by atoms with Crippen molar-refractivity contribution in [2.45, 2.75) is 32.5 Å². The molecule has 0 saturated heterocycles. The fraction of sp³-hybridized carbons (Fsp3) is 0.667. The van der Waals surface area contributed by atoms with Crippen LogP contribution in [0.25, 0.3) is 0 Å². The van der Waals surface area contributed by atoms with Crippen molar-refractivity contribution in [1.82, 2.24) is 10.3 Å². The van der Waals surface area contributed by atoms with Gasteiger partial charge in [0.05, 0.1) is 12.6 Å². The highest BCUT2D eigenvalue weighted by molar-refractivity contribution is 7.11. The molecule has 1 aromatic heterocycles. The molecule has 0 spiro atoms. The van der Waals surface area contributed by atoms with Crippen LogP contribution in [0.5, 0.6) is 0 Å². The molecule has 15 heavy (non-hydrogen) atoms. The van der Waals surface area contributed by atoms with Crippen molar-refractivity contribution in [3.63, 3.8) is 0 Å². The summed E-state index contributed by atoms with van der Waals surface area (Å²) in [7, 11) is 0. The van der Waals surface area contributed by atoms with E-state index in [2.05, 4.69) is 10.3 Å².